The number of rotatable bonds is 7. The lowest BCUT2D eigenvalue weighted by Crippen LogP contribution is -2.65. The molecule has 186 valence electrons. The fourth-order valence-corrected chi connectivity index (χ4v) is 5.78. The molecule has 0 aromatic heterocycles. The van der Waals surface area contributed by atoms with Crippen LogP contribution in [-0.2, 0) is 14.3 Å². The zero-order chi connectivity index (χ0) is 23.6. The van der Waals surface area contributed by atoms with Crippen LogP contribution in [0.25, 0.3) is 0 Å². The number of hydrogen-bond acceptors (Lipinski definition) is 8. The van der Waals surface area contributed by atoms with Crippen molar-refractivity contribution in [2.45, 2.75) is 87.6 Å². The molecule has 0 aliphatic carbocycles. The molecule has 5 N–H and O–H groups in total. The Balaban J connectivity index is 1.68. The van der Waals surface area contributed by atoms with Crippen LogP contribution in [-0.4, -0.2) is 95.1 Å². The van der Waals surface area contributed by atoms with E-state index in [-0.39, 0.29) is 30.1 Å². The van der Waals surface area contributed by atoms with Gasteiger partial charge in [-0.05, 0) is 36.9 Å². The minimum Gasteiger partial charge on any atom is -0.388 e. The number of hydrogen-bond donors (Lipinski definition) is 5. The maximum Gasteiger partial charge on any atom is 0.240 e. The van der Waals surface area contributed by atoms with Gasteiger partial charge in [-0.2, -0.15) is 0 Å². The molecule has 10 atom stereocenters. The second-order valence-corrected chi connectivity index (χ2v) is 10.4. The largest absolute Gasteiger partial charge is 0.388 e. The Bertz CT molecular complexity index is 631. The Morgan fingerprint density at radius 1 is 1.22 bits per heavy atom. The molecular weight excluding hydrogens is 446 g/mol. The predicted octanol–water partition coefficient (Wildman–Crippen LogP) is 0.336. The van der Waals surface area contributed by atoms with Crippen LogP contribution in [0.1, 0.15) is 33.1 Å². The Labute approximate surface area is 191 Å². The van der Waals surface area contributed by atoms with Gasteiger partial charge in [0.25, 0.3) is 0 Å². The summed E-state index contributed by atoms with van der Waals surface area (Å²) in [6.07, 6.45) is -4.94. The molecule has 0 radical (unpaired) electrons. The van der Waals surface area contributed by atoms with Crippen molar-refractivity contribution in [3.8, 4) is 0 Å². The molecule has 32 heavy (non-hydrogen) atoms. The first-order chi connectivity index (χ1) is 15.1. The molecule has 0 saturated carbocycles. The molecule has 0 spiro atoms. The summed E-state index contributed by atoms with van der Waals surface area (Å²) in [5.74, 6) is -0.602. The normalized spacial score (nSPS) is 41.4. The number of aliphatic hydroxyl groups is 3. The standard InChI is InChI=1S/C21H36F2N2O6S/c1-9(2)13(19-16(27)15(26)17(28)21(31-19)32-3)25-20(29)14-18-11(8-24-14)6-10(4-5-30-18)7-12(22)23/h9-19,21,24,26-28H,4-8H2,1-3H3,(H,25,29)/t10-,11+,13-,14+,15?,16?,17-,18-,19-,21?/m1/s1. The molecule has 1 amide bonds. The lowest BCUT2D eigenvalue weighted by atomic mass is 9.87. The predicted molar refractivity (Wildman–Crippen MR) is 115 cm³/mol. The smallest absolute Gasteiger partial charge is 0.240 e. The van der Waals surface area contributed by atoms with Crippen molar-refractivity contribution in [3.05, 3.63) is 0 Å². The number of aliphatic hydroxyl groups excluding tert-OH is 3. The summed E-state index contributed by atoms with van der Waals surface area (Å²) in [5, 5.41) is 37.1. The molecule has 0 aromatic rings. The highest BCUT2D eigenvalue weighted by molar-refractivity contribution is 7.99. The summed E-state index contributed by atoms with van der Waals surface area (Å²) in [5.41, 5.74) is -0.734. The van der Waals surface area contributed by atoms with Crippen molar-refractivity contribution in [1.29, 1.82) is 0 Å². The Hall–Kier alpha value is -0.560. The molecule has 3 aliphatic rings. The van der Waals surface area contributed by atoms with Crippen LogP contribution in [0, 0.1) is 17.8 Å². The van der Waals surface area contributed by atoms with E-state index in [1.165, 1.54) is 11.8 Å². The lowest BCUT2D eigenvalue weighted by molar-refractivity contribution is -0.208. The van der Waals surface area contributed by atoms with Crippen LogP contribution < -0.4 is 10.6 Å². The molecule has 3 unspecified atom stereocenters. The quantitative estimate of drug-likeness (QED) is 0.352. The molecule has 3 rings (SSSR count). The van der Waals surface area contributed by atoms with Crippen molar-refractivity contribution in [2.75, 3.05) is 19.4 Å². The van der Waals surface area contributed by atoms with E-state index in [2.05, 4.69) is 10.6 Å². The lowest BCUT2D eigenvalue weighted by Gasteiger charge is -2.44. The number of carbonyl (C=O) groups excluding carboxylic acids is 1. The second kappa shape index (κ2) is 11.2. The molecule has 0 bridgehead atoms. The van der Waals surface area contributed by atoms with E-state index in [0.29, 0.717) is 26.0 Å². The number of ether oxygens (including phenoxy) is 2. The Morgan fingerprint density at radius 2 is 1.94 bits per heavy atom. The number of nitrogens with one attached hydrogen (secondary N) is 2. The number of amides is 1. The monoisotopic (exact) mass is 482 g/mol. The van der Waals surface area contributed by atoms with Crippen molar-refractivity contribution in [2.24, 2.45) is 17.8 Å². The Kier molecular flexibility index (Phi) is 9.15. The maximum atomic E-state index is 13.2. The van der Waals surface area contributed by atoms with Crippen LogP contribution in [0.5, 0.6) is 0 Å². The van der Waals surface area contributed by atoms with Gasteiger partial charge in [-0.15, -0.1) is 11.8 Å². The fraction of sp³-hybridized carbons (Fsp3) is 0.952. The average Bonchev–Trinajstić information content (AvgIpc) is 3.02. The third kappa shape index (κ3) is 5.73. The van der Waals surface area contributed by atoms with Gasteiger partial charge in [0.1, 0.15) is 35.9 Å². The van der Waals surface area contributed by atoms with Crippen molar-refractivity contribution in [1.82, 2.24) is 10.6 Å². The van der Waals surface area contributed by atoms with Crippen LogP contribution in [0.3, 0.4) is 0 Å². The van der Waals surface area contributed by atoms with Gasteiger partial charge >= 0.3 is 0 Å². The highest BCUT2D eigenvalue weighted by Crippen LogP contribution is 2.34. The molecule has 3 aliphatic heterocycles. The zero-order valence-electron chi connectivity index (χ0n) is 18.7. The number of halogens is 2. The number of alkyl halides is 2. The first kappa shape index (κ1) is 26.1. The summed E-state index contributed by atoms with van der Waals surface area (Å²) in [4.78, 5) is 13.2. The van der Waals surface area contributed by atoms with Crippen molar-refractivity contribution >= 4 is 17.7 Å². The highest BCUT2D eigenvalue weighted by Gasteiger charge is 2.49. The summed E-state index contributed by atoms with van der Waals surface area (Å²) < 4.78 is 37.5. The van der Waals surface area contributed by atoms with E-state index in [1.54, 1.807) is 6.26 Å². The summed E-state index contributed by atoms with van der Waals surface area (Å²) in [6, 6.07) is -1.26. The van der Waals surface area contributed by atoms with Gasteiger partial charge in [0.05, 0.1) is 12.1 Å². The zero-order valence-corrected chi connectivity index (χ0v) is 19.5. The van der Waals surface area contributed by atoms with Crippen LogP contribution in [0.4, 0.5) is 8.78 Å². The first-order valence-electron chi connectivity index (χ1n) is 11.3. The number of thioether (sulfide) groups is 1. The Morgan fingerprint density at radius 3 is 2.56 bits per heavy atom. The second-order valence-electron chi connectivity index (χ2n) is 9.45. The number of carbonyl (C=O) groups is 1. The molecule has 3 saturated heterocycles. The van der Waals surface area contributed by atoms with Crippen LogP contribution >= 0.6 is 11.8 Å². The van der Waals surface area contributed by atoms with Gasteiger partial charge in [0, 0.05) is 19.6 Å². The van der Waals surface area contributed by atoms with Gasteiger partial charge in [-0.25, -0.2) is 8.78 Å². The molecule has 0 aromatic carbocycles. The van der Waals surface area contributed by atoms with E-state index < -0.39 is 54.5 Å². The van der Waals surface area contributed by atoms with E-state index in [4.69, 9.17) is 9.47 Å². The molecule has 8 nitrogen and oxygen atoms in total. The van der Waals surface area contributed by atoms with Gasteiger partial charge in [-0.3, -0.25) is 4.79 Å². The topological polar surface area (TPSA) is 120 Å². The fourth-order valence-electron chi connectivity index (χ4n) is 5.10. The first-order valence-corrected chi connectivity index (χ1v) is 12.6. The minimum absolute atomic E-state index is 0.0242. The van der Waals surface area contributed by atoms with Gasteiger partial charge in [0.15, 0.2) is 0 Å². The SMILES string of the molecule is CSC1O[C@H]([C@H](NC(=O)[C@H]2NC[C@@H]3C[C@H](CC(F)F)CCO[C@H]32)C(C)C)C(O)C(O)[C@H]1O. The summed E-state index contributed by atoms with van der Waals surface area (Å²) >= 11 is 1.22. The van der Waals surface area contributed by atoms with Gasteiger partial charge in [0.2, 0.25) is 12.3 Å². The van der Waals surface area contributed by atoms with Crippen LogP contribution in [0.2, 0.25) is 0 Å². The van der Waals surface area contributed by atoms with Gasteiger partial charge < -0.3 is 35.4 Å². The van der Waals surface area contributed by atoms with Crippen molar-refractivity contribution in [3.63, 3.8) is 0 Å². The van der Waals surface area contributed by atoms with Gasteiger partial charge in [-0.1, -0.05) is 13.8 Å². The molecule has 11 heteroatoms. The van der Waals surface area contributed by atoms with E-state index in [1.807, 2.05) is 13.8 Å². The summed E-state index contributed by atoms with van der Waals surface area (Å²) in [7, 11) is 0. The van der Waals surface area contributed by atoms with E-state index in [9.17, 15) is 28.9 Å². The maximum absolute atomic E-state index is 13.2. The van der Waals surface area contributed by atoms with E-state index >= 15 is 0 Å². The van der Waals surface area contributed by atoms with Crippen molar-refractivity contribution < 1.29 is 38.4 Å². The number of fused-ring (bicyclic) bond motifs is 1. The molecular formula is C21H36F2N2O6S. The highest BCUT2D eigenvalue weighted by atomic mass is 32.2. The third-order valence-corrected chi connectivity index (χ3v) is 7.73. The average molecular weight is 483 g/mol. The molecule has 3 heterocycles. The third-order valence-electron chi connectivity index (χ3n) is 6.88. The van der Waals surface area contributed by atoms with E-state index in [0.717, 1.165) is 0 Å². The van der Waals surface area contributed by atoms with Crippen LogP contribution in [0.15, 0.2) is 0 Å². The molecule has 3 fully saturated rings. The minimum atomic E-state index is -2.35. The summed E-state index contributed by atoms with van der Waals surface area (Å²) in [6.45, 7) is 4.58.